The highest BCUT2D eigenvalue weighted by Crippen LogP contribution is 2.29. The van der Waals surface area contributed by atoms with Crippen molar-refractivity contribution in [3.63, 3.8) is 0 Å². The maximum Gasteiger partial charge on any atom is 0.172 e. The molecule has 0 bridgehead atoms. The summed E-state index contributed by atoms with van der Waals surface area (Å²) in [5.41, 5.74) is 0.790. The molecule has 0 aromatic rings. The molecular formula is C10H8O3. The van der Waals surface area contributed by atoms with Gasteiger partial charge in [-0.05, 0) is 12.2 Å². The van der Waals surface area contributed by atoms with Crippen molar-refractivity contribution >= 4 is 6.29 Å². The van der Waals surface area contributed by atoms with E-state index < -0.39 is 5.92 Å². The number of allylic oxidation sites excluding steroid dienone is 4. The highest BCUT2D eigenvalue weighted by Gasteiger charge is 2.23. The summed E-state index contributed by atoms with van der Waals surface area (Å²) in [6.07, 6.45) is 9.09. The van der Waals surface area contributed by atoms with E-state index in [1.807, 2.05) is 6.08 Å². The first-order valence-corrected chi connectivity index (χ1v) is 3.93. The first-order chi connectivity index (χ1) is 6.33. The van der Waals surface area contributed by atoms with Crippen LogP contribution in [-0.4, -0.2) is 11.4 Å². The summed E-state index contributed by atoms with van der Waals surface area (Å²) >= 11 is 0. The van der Waals surface area contributed by atoms with Gasteiger partial charge in [0.2, 0.25) is 0 Å². The lowest BCUT2D eigenvalue weighted by atomic mass is 9.96. The average molecular weight is 176 g/mol. The lowest BCUT2D eigenvalue weighted by Crippen LogP contribution is -2.12. The van der Waals surface area contributed by atoms with Crippen molar-refractivity contribution < 1.29 is 14.6 Å². The van der Waals surface area contributed by atoms with Crippen molar-refractivity contribution in [3.05, 3.63) is 47.7 Å². The molecule has 3 nitrogen and oxygen atoms in total. The summed E-state index contributed by atoms with van der Waals surface area (Å²) in [6.45, 7) is 0. The molecular weight excluding hydrogens is 168 g/mol. The lowest BCUT2D eigenvalue weighted by Gasteiger charge is -2.19. The van der Waals surface area contributed by atoms with Crippen LogP contribution in [0.2, 0.25) is 0 Å². The maximum atomic E-state index is 10.5. The Labute approximate surface area is 75.3 Å². The first-order valence-electron chi connectivity index (χ1n) is 3.93. The first kappa shape index (κ1) is 7.86. The summed E-state index contributed by atoms with van der Waals surface area (Å²) in [5, 5.41) is 9.56. The Balaban J connectivity index is 2.44. The van der Waals surface area contributed by atoms with Gasteiger partial charge in [0.05, 0.1) is 12.2 Å². The monoisotopic (exact) mass is 176 g/mol. The van der Waals surface area contributed by atoms with Crippen LogP contribution in [0.15, 0.2) is 47.7 Å². The third-order valence-corrected chi connectivity index (χ3v) is 1.98. The second kappa shape index (κ2) is 2.94. The van der Waals surface area contributed by atoms with E-state index in [-0.39, 0.29) is 5.76 Å². The second-order valence-corrected chi connectivity index (χ2v) is 2.80. The second-order valence-electron chi connectivity index (χ2n) is 2.80. The van der Waals surface area contributed by atoms with Gasteiger partial charge < -0.3 is 14.6 Å². The van der Waals surface area contributed by atoms with Crippen molar-refractivity contribution in [3.8, 4) is 0 Å². The van der Waals surface area contributed by atoms with Gasteiger partial charge in [-0.2, -0.15) is 0 Å². The van der Waals surface area contributed by atoms with Crippen LogP contribution in [0.5, 0.6) is 0 Å². The van der Waals surface area contributed by atoms with Crippen LogP contribution in [-0.2, 0) is 9.53 Å². The standard InChI is InChI=1S/C10H8O3/c11-6-8-4-3-7-2-1-5-13-10(7)9(8)12/h1-6,8,12H. The van der Waals surface area contributed by atoms with Gasteiger partial charge in [-0.15, -0.1) is 0 Å². The Bertz CT molecular complexity index is 358. The normalized spacial score (nSPS) is 24.9. The zero-order chi connectivity index (χ0) is 9.26. The number of fused-ring (bicyclic) bond motifs is 1. The molecule has 66 valence electrons. The quantitative estimate of drug-likeness (QED) is 0.617. The average Bonchev–Trinajstić information content (AvgIpc) is 2.19. The molecule has 1 atom stereocenters. The van der Waals surface area contributed by atoms with Gasteiger partial charge in [-0.25, -0.2) is 0 Å². The Morgan fingerprint density at radius 1 is 1.54 bits per heavy atom. The number of aldehydes is 1. The molecule has 0 aromatic carbocycles. The number of hydrogen-bond acceptors (Lipinski definition) is 3. The van der Waals surface area contributed by atoms with Crippen LogP contribution < -0.4 is 0 Å². The fraction of sp³-hybridized carbons (Fsp3) is 0.100. The van der Waals surface area contributed by atoms with Crippen molar-refractivity contribution in [1.82, 2.24) is 0 Å². The maximum absolute atomic E-state index is 10.5. The molecule has 2 rings (SSSR count). The largest absolute Gasteiger partial charge is 0.507 e. The highest BCUT2D eigenvalue weighted by atomic mass is 16.5. The van der Waals surface area contributed by atoms with E-state index in [0.717, 1.165) is 5.57 Å². The van der Waals surface area contributed by atoms with E-state index in [9.17, 15) is 9.90 Å². The zero-order valence-electron chi connectivity index (χ0n) is 6.81. The molecule has 1 aliphatic carbocycles. The van der Waals surface area contributed by atoms with Crippen LogP contribution >= 0.6 is 0 Å². The molecule has 0 aromatic heterocycles. The van der Waals surface area contributed by atoms with Gasteiger partial charge in [0.25, 0.3) is 0 Å². The van der Waals surface area contributed by atoms with Gasteiger partial charge in [-0.3, -0.25) is 0 Å². The van der Waals surface area contributed by atoms with E-state index in [4.69, 9.17) is 4.74 Å². The van der Waals surface area contributed by atoms with Gasteiger partial charge >= 0.3 is 0 Å². The molecule has 0 fully saturated rings. The minimum Gasteiger partial charge on any atom is -0.507 e. The number of carbonyl (C=O) groups is 1. The Morgan fingerprint density at radius 3 is 3.15 bits per heavy atom. The summed E-state index contributed by atoms with van der Waals surface area (Å²) in [4.78, 5) is 10.5. The molecule has 0 radical (unpaired) electrons. The van der Waals surface area contributed by atoms with Crippen molar-refractivity contribution in [2.75, 3.05) is 0 Å². The molecule has 13 heavy (non-hydrogen) atoms. The Hall–Kier alpha value is -1.77. The van der Waals surface area contributed by atoms with E-state index in [1.165, 1.54) is 6.26 Å². The van der Waals surface area contributed by atoms with Crippen LogP contribution in [0.3, 0.4) is 0 Å². The summed E-state index contributed by atoms with van der Waals surface area (Å²) in [5.74, 6) is -0.214. The van der Waals surface area contributed by atoms with E-state index in [0.29, 0.717) is 12.0 Å². The molecule has 1 N–H and O–H groups in total. The zero-order valence-corrected chi connectivity index (χ0v) is 6.81. The number of aliphatic hydroxyl groups is 1. The number of aliphatic hydroxyl groups excluding tert-OH is 1. The molecule has 2 aliphatic rings. The summed E-state index contributed by atoms with van der Waals surface area (Å²) in [6, 6.07) is 0. The van der Waals surface area contributed by atoms with Crippen LogP contribution in [0.1, 0.15) is 0 Å². The number of hydrogen-bond donors (Lipinski definition) is 1. The van der Waals surface area contributed by atoms with E-state index in [1.54, 1.807) is 18.2 Å². The fourth-order valence-corrected chi connectivity index (χ4v) is 1.29. The minimum atomic E-state index is -0.571. The van der Waals surface area contributed by atoms with Gasteiger partial charge in [0.15, 0.2) is 5.76 Å². The number of rotatable bonds is 1. The smallest absolute Gasteiger partial charge is 0.172 e. The van der Waals surface area contributed by atoms with Gasteiger partial charge in [0.1, 0.15) is 12.0 Å². The van der Waals surface area contributed by atoms with Crippen molar-refractivity contribution in [2.45, 2.75) is 0 Å². The minimum absolute atomic E-state index is 0.0203. The van der Waals surface area contributed by atoms with Crippen LogP contribution in [0, 0.1) is 5.92 Å². The molecule has 0 saturated heterocycles. The van der Waals surface area contributed by atoms with Gasteiger partial charge in [0, 0.05) is 5.57 Å². The highest BCUT2D eigenvalue weighted by molar-refractivity contribution is 5.65. The molecule has 1 aliphatic heterocycles. The van der Waals surface area contributed by atoms with Crippen LogP contribution in [0.25, 0.3) is 0 Å². The number of ether oxygens (including phenoxy) is 1. The predicted molar refractivity (Wildman–Crippen MR) is 46.7 cm³/mol. The third kappa shape index (κ3) is 1.18. The Kier molecular flexibility index (Phi) is 1.77. The topological polar surface area (TPSA) is 46.5 Å². The SMILES string of the molecule is O=CC1C=CC2=CC=COC2=C1O. The summed E-state index contributed by atoms with van der Waals surface area (Å²) in [7, 11) is 0. The molecule has 0 amide bonds. The predicted octanol–water partition coefficient (Wildman–Crippen LogP) is 1.61. The molecule has 1 unspecified atom stereocenters. The van der Waals surface area contributed by atoms with E-state index in [2.05, 4.69) is 0 Å². The number of carbonyl (C=O) groups excluding carboxylic acids is 1. The van der Waals surface area contributed by atoms with Crippen molar-refractivity contribution in [1.29, 1.82) is 0 Å². The Morgan fingerprint density at radius 2 is 2.38 bits per heavy atom. The summed E-state index contributed by atoms with van der Waals surface area (Å²) < 4.78 is 5.10. The third-order valence-electron chi connectivity index (χ3n) is 1.98. The molecule has 0 saturated carbocycles. The molecule has 3 heteroatoms. The van der Waals surface area contributed by atoms with E-state index >= 15 is 0 Å². The molecule has 0 spiro atoms. The van der Waals surface area contributed by atoms with Crippen molar-refractivity contribution in [2.24, 2.45) is 5.92 Å². The fourth-order valence-electron chi connectivity index (χ4n) is 1.29. The molecule has 1 heterocycles. The van der Waals surface area contributed by atoms with Crippen LogP contribution in [0.4, 0.5) is 0 Å². The van der Waals surface area contributed by atoms with Gasteiger partial charge in [-0.1, -0.05) is 12.2 Å². The lowest BCUT2D eigenvalue weighted by molar-refractivity contribution is -0.109.